The smallest absolute Gasteiger partial charge is 0.132 e. The number of rotatable bonds is 24. The maximum absolute atomic E-state index is 12.0. The first-order chi connectivity index (χ1) is 14.6. The SMILES string of the molecule is CCCCCSCC(O)CCCCCC(=O)CCCCCC(O)CSCCCCC. The highest BCUT2D eigenvalue weighted by atomic mass is 32.2. The van der Waals surface area contributed by atoms with Crippen molar-refractivity contribution < 1.29 is 15.0 Å². The molecule has 0 amide bonds. The minimum atomic E-state index is -0.183. The number of thioether (sulfide) groups is 2. The van der Waals surface area contributed by atoms with Crippen LogP contribution in [0.3, 0.4) is 0 Å². The molecular weight excluding hydrogens is 412 g/mol. The molecule has 0 spiro atoms. The monoisotopic (exact) mass is 462 g/mol. The lowest BCUT2D eigenvalue weighted by molar-refractivity contribution is -0.119. The van der Waals surface area contributed by atoms with Gasteiger partial charge in [-0.2, -0.15) is 23.5 Å². The first kappa shape index (κ1) is 30.3. The van der Waals surface area contributed by atoms with Crippen LogP contribution in [0.5, 0.6) is 0 Å². The van der Waals surface area contributed by atoms with E-state index in [1.165, 1.54) is 38.5 Å². The first-order valence-corrected chi connectivity index (χ1v) is 14.9. The van der Waals surface area contributed by atoms with Crippen LogP contribution in [-0.4, -0.2) is 51.2 Å². The first-order valence-electron chi connectivity index (χ1n) is 12.6. The maximum atomic E-state index is 12.0. The van der Waals surface area contributed by atoms with Crippen LogP contribution in [0.2, 0.25) is 0 Å². The number of aliphatic hydroxyl groups is 2. The molecule has 0 aromatic carbocycles. The van der Waals surface area contributed by atoms with Gasteiger partial charge in [0.25, 0.3) is 0 Å². The van der Waals surface area contributed by atoms with Gasteiger partial charge in [-0.3, -0.25) is 4.79 Å². The summed E-state index contributed by atoms with van der Waals surface area (Å²) in [5, 5.41) is 20.0. The third kappa shape index (κ3) is 23.0. The summed E-state index contributed by atoms with van der Waals surface area (Å²) in [4.78, 5) is 12.0. The Hall–Kier alpha value is 0.290. The molecule has 2 N–H and O–H groups in total. The third-order valence-electron chi connectivity index (χ3n) is 5.39. The van der Waals surface area contributed by atoms with Crippen molar-refractivity contribution in [2.75, 3.05) is 23.0 Å². The second kappa shape index (κ2) is 23.9. The lowest BCUT2D eigenvalue weighted by Gasteiger charge is -2.10. The molecule has 2 atom stereocenters. The Kier molecular flexibility index (Phi) is 24.2. The molecule has 0 aliphatic heterocycles. The fourth-order valence-electron chi connectivity index (χ4n) is 3.40. The van der Waals surface area contributed by atoms with E-state index in [-0.39, 0.29) is 12.2 Å². The van der Waals surface area contributed by atoms with E-state index >= 15 is 0 Å². The van der Waals surface area contributed by atoms with E-state index in [1.807, 2.05) is 23.5 Å². The topological polar surface area (TPSA) is 57.5 Å². The van der Waals surface area contributed by atoms with Gasteiger partial charge in [-0.25, -0.2) is 0 Å². The van der Waals surface area contributed by atoms with Gasteiger partial charge in [0.1, 0.15) is 5.78 Å². The Morgan fingerprint density at radius 3 is 1.47 bits per heavy atom. The summed E-state index contributed by atoms with van der Waals surface area (Å²) in [6.07, 6.45) is 16.4. The molecule has 0 heterocycles. The average Bonchev–Trinajstić information content (AvgIpc) is 2.73. The molecule has 2 unspecified atom stereocenters. The van der Waals surface area contributed by atoms with Gasteiger partial charge in [0.05, 0.1) is 12.2 Å². The Morgan fingerprint density at radius 1 is 0.633 bits per heavy atom. The Morgan fingerprint density at radius 2 is 1.07 bits per heavy atom. The zero-order chi connectivity index (χ0) is 22.3. The number of hydrogen-bond acceptors (Lipinski definition) is 5. The van der Waals surface area contributed by atoms with Crippen LogP contribution < -0.4 is 0 Å². The van der Waals surface area contributed by atoms with Crippen LogP contribution in [-0.2, 0) is 4.79 Å². The van der Waals surface area contributed by atoms with Gasteiger partial charge in [0, 0.05) is 24.3 Å². The minimum absolute atomic E-state index is 0.183. The van der Waals surface area contributed by atoms with Crippen LogP contribution >= 0.6 is 23.5 Å². The highest BCUT2D eigenvalue weighted by molar-refractivity contribution is 7.99. The number of Topliss-reactive ketones (excluding diaryl/α,β-unsaturated/α-hetero) is 1. The second-order valence-corrected chi connectivity index (χ2v) is 10.9. The summed E-state index contributed by atoms with van der Waals surface area (Å²) >= 11 is 3.74. The van der Waals surface area contributed by atoms with Gasteiger partial charge in [0.15, 0.2) is 0 Å². The fourth-order valence-corrected chi connectivity index (χ4v) is 5.42. The number of ketones is 1. The van der Waals surface area contributed by atoms with E-state index in [9.17, 15) is 15.0 Å². The van der Waals surface area contributed by atoms with Crippen molar-refractivity contribution in [2.45, 2.75) is 129 Å². The molecule has 0 aromatic heterocycles. The Labute approximate surface area is 195 Å². The molecule has 180 valence electrons. The van der Waals surface area contributed by atoms with Crippen LogP contribution in [0.4, 0.5) is 0 Å². The molecule has 0 saturated carbocycles. The van der Waals surface area contributed by atoms with E-state index in [0.29, 0.717) is 18.6 Å². The van der Waals surface area contributed by atoms with Crippen molar-refractivity contribution in [3.63, 3.8) is 0 Å². The molecular formula is C25H50O3S2. The highest BCUT2D eigenvalue weighted by Gasteiger charge is 2.07. The maximum Gasteiger partial charge on any atom is 0.132 e. The molecule has 0 aliphatic carbocycles. The van der Waals surface area contributed by atoms with Crippen molar-refractivity contribution in [1.82, 2.24) is 0 Å². The summed E-state index contributed by atoms with van der Waals surface area (Å²) in [5.41, 5.74) is 0. The summed E-state index contributed by atoms with van der Waals surface area (Å²) in [7, 11) is 0. The summed E-state index contributed by atoms with van der Waals surface area (Å²) in [5.74, 6) is 4.42. The second-order valence-electron chi connectivity index (χ2n) is 8.61. The molecule has 3 nitrogen and oxygen atoms in total. The summed E-state index contributed by atoms with van der Waals surface area (Å²) in [6.45, 7) is 4.43. The lowest BCUT2D eigenvalue weighted by Crippen LogP contribution is -2.10. The molecule has 0 saturated heterocycles. The molecule has 30 heavy (non-hydrogen) atoms. The number of unbranched alkanes of at least 4 members (excludes halogenated alkanes) is 8. The molecule has 0 radical (unpaired) electrons. The van der Waals surface area contributed by atoms with Crippen LogP contribution in [0, 0.1) is 0 Å². The lowest BCUT2D eigenvalue weighted by atomic mass is 10.0. The van der Waals surface area contributed by atoms with Gasteiger partial charge in [-0.15, -0.1) is 0 Å². The average molecular weight is 463 g/mol. The van der Waals surface area contributed by atoms with E-state index in [4.69, 9.17) is 0 Å². The van der Waals surface area contributed by atoms with Crippen molar-refractivity contribution in [3.8, 4) is 0 Å². The van der Waals surface area contributed by atoms with Gasteiger partial charge in [-0.1, -0.05) is 65.2 Å². The van der Waals surface area contributed by atoms with E-state index in [1.54, 1.807) is 0 Å². The number of hydrogen-bond donors (Lipinski definition) is 2. The number of carbonyl (C=O) groups is 1. The van der Waals surface area contributed by atoms with Gasteiger partial charge in [-0.05, 0) is 50.0 Å². The standard InChI is InChI=1S/C25H50O3S2/c1-3-5-13-19-29-21-24(27)17-11-7-9-15-23(26)16-10-8-12-18-25(28)22-30-20-14-6-4-2/h24-25,27-28H,3-22H2,1-2H3. The highest BCUT2D eigenvalue weighted by Crippen LogP contribution is 2.15. The molecule has 0 aliphatic rings. The molecule has 0 rings (SSSR count). The summed E-state index contributed by atoms with van der Waals surface area (Å²) < 4.78 is 0. The van der Waals surface area contributed by atoms with Crippen molar-refractivity contribution in [1.29, 1.82) is 0 Å². The molecule has 0 bridgehead atoms. The minimum Gasteiger partial charge on any atom is -0.392 e. The predicted octanol–water partition coefficient (Wildman–Crippen LogP) is 7.03. The van der Waals surface area contributed by atoms with Gasteiger partial charge >= 0.3 is 0 Å². The molecule has 5 heteroatoms. The van der Waals surface area contributed by atoms with E-state index in [2.05, 4.69) is 13.8 Å². The zero-order valence-electron chi connectivity index (χ0n) is 19.9. The number of carbonyl (C=O) groups excluding carboxylic acids is 1. The summed E-state index contributed by atoms with van der Waals surface area (Å²) in [6, 6.07) is 0. The molecule has 0 fully saturated rings. The van der Waals surface area contributed by atoms with E-state index in [0.717, 1.165) is 74.4 Å². The van der Waals surface area contributed by atoms with Crippen LogP contribution in [0.15, 0.2) is 0 Å². The quantitative estimate of drug-likeness (QED) is 0.151. The van der Waals surface area contributed by atoms with Crippen molar-refractivity contribution >= 4 is 29.3 Å². The zero-order valence-corrected chi connectivity index (χ0v) is 21.5. The number of aliphatic hydroxyl groups excluding tert-OH is 2. The Balaban J connectivity index is 3.37. The van der Waals surface area contributed by atoms with Gasteiger partial charge < -0.3 is 10.2 Å². The molecule has 0 aromatic rings. The van der Waals surface area contributed by atoms with Crippen LogP contribution in [0.1, 0.15) is 117 Å². The fraction of sp³-hybridized carbons (Fsp3) is 0.960. The van der Waals surface area contributed by atoms with Crippen molar-refractivity contribution in [3.05, 3.63) is 0 Å². The predicted molar refractivity (Wildman–Crippen MR) is 137 cm³/mol. The normalized spacial score (nSPS) is 13.5. The van der Waals surface area contributed by atoms with Gasteiger partial charge in [0.2, 0.25) is 0 Å². The van der Waals surface area contributed by atoms with Crippen LogP contribution in [0.25, 0.3) is 0 Å². The van der Waals surface area contributed by atoms with Crippen molar-refractivity contribution in [2.24, 2.45) is 0 Å². The third-order valence-corrected chi connectivity index (χ3v) is 7.79. The van der Waals surface area contributed by atoms with E-state index < -0.39 is 0 Å². The largest absolute Gasteiger partial charge is 0.392 e. The Bertz CT molecular complexity index is 334.